The predicted molar refractivity (Wildman–Crippen MR) is 106 cm³/mol. The number of anilines is 2. The van der Waals surface area contributed by atoms with Crippen molar-refractivity contribution in [3.63, 3.8) is 0 Å². The Bertz CT molecular complexity index is 623. The summed E-state index contributed by atoms with van der Waals surface area (Å²) in [5.41, 5.74) is 0.668. The van der Waals surface area contributed by atoms with Crippen LogP contribution in [0.4, 0.5) is 11.5 Å². The van der Waals surface area contributed by atoms with E-state index in [1.165, 1.54) is 25.7 Å². The summed E-state index contributed by atoms with van der Waals surface area (Å²) in [4.78, 5) is 28.4. The summed E-state index contributed by atoms with van der Waals surface area (Å²) in [6.45, 7) is 0. The molecule has 2 heterocycles. The molecule has 26 heavy (non-hydrogen) atoms. The minimum Gasteiger partial charge on any atom is -0.323 e. The summed E-state index contributed by atoms with van der Waals surface area (Å²) in [7, 11) is 0. The molecule has 0 radical (unpaired) electrons. The maximum Gasteiger partial charge on any atom is 0.241 e. The highest BCUT2D eigenvalue weighted by Crippen LogP contribution is 2.33. The van der Waals surface area contributed by atoms with Crippen LogP contribution in [0.15, 0.2) is 18.3 Å². The summed E-state index contributed by atoms with van der Waals surface area (Å²) >= 11 is 0. The number of carbonyl (C=O) groups excluding carboxylic acids is 2. The van der Waals surface area contributed by atoms with Gasteiger partial charge in [-0.2, -0.15) is 0 Å². The first-order chi connectivity index (χ1) is 11.7. The van der Waals surface area contributed by atoms with Crippen molar-refractivity contribution in [2.75, 3.05) is 10.6 Å². The van der Waals surface area contributed by atoms with Crippen LogP contribution in [-0.4, -0.2) is 28.9 Å². The van der Waals surface area contributed by atoms with E-state index in [4.69, 9.17) is 0 Å². The number of carbonyl (C=O) groups is 2. The number of hydrogen-bond donors (Lipinski definition) is 3. The van der Waals surface area contributed by atoms with Crippen molar-refractivity contribution in [3.05, 3.63) is 18.3 Å². The van der Waals surface area contributed by atoms with Crippen molar-refractivity contribution in [3.8, 4) is 0 Å². The third-order valence-corrected chi connectivity index (χ3v) is 5.41. The van der Waals surface area contributed by atoms with Crippen LogP contribution in [0.3, 0.4) is 0 Å². The topological polar surface area (TPSA) is 83.1 Å². The van der Waals surface area contributed by atoms with Crippen LogP contribution in [0.5, 0.6) is 0 Å². The molecule has 0 bridgehead atoms. The third kappa shape index (κ3) is 4.87. The first kappa shape index (κ1) is 20.9. The molecule has 4 rings (SSSR count). The van der Waals surface area contributed by atoms with Crippen LogP contribution in [0.1, 0.15) is 44.9 Å². The first-order valence-electron chi connectivity index (χ1n) is 9.03. The fourth-order valence-corrected chi connectivity index (χ4v) is 3.87. The van der Waals surface area contributed by atoms with Gasteiger partial charge < -0.3 is 16.0 Å². The number of amides is 2. The lowest BCUT2D eigenvalue weighted by atomic mass is 9.85. The Labute approximate surface area is 166 Å². The fraction of sp³-hybridized carbons (Fsp3) is 0.611. The molecule has 144 valence electrons. The van der Waals surface area contributed by atoms with Crippen LogP contribution in [0.25, 0.3) is 0 Å². The molecule has 0 aromatic carbocycles. The standard InChI is InChI=1S/C18H24N4O2.2ClH/c23-17(11-5-6-11)22-16-8-7-13(10-19-16)20-18(24)15-9-12-3-1-2-4-14(12)21-15;;/h7-8,10-12,14-15,21H,1-6,9H2,(H,20,24)(H,19,22,23);2*1H. The first-order valence-corrected chi connectivity index (χ1v) is 9.03. The molecule has 1 aliphatic heterocycles. The molecule has 1 aromatic heterocycles. The van der Waals surface area contributed by atoms with Crippen molar-refractivity contribution in [2.24, 2.45) is 11.8 Å². The molecule has 6 nitrogen and oxygen atoms in total. The van der Waals surface area contributed by atoms with Crippen LogP contribution in [0.2, 0.25) is 0 Å². The van der Waals surface area contributed by atoms with Gasteiger partial charge in [-0.15, -0.1) is 24.8 Å². The molecule has 3 N–H and O–H groups in total. The normalized spacial score (nSPS) is 26.7. The molecule has 2 aliphatic carbocycles. The van der Waals surface area contributed by atoms with Crippen LogP contribution in [-0.2, 0) is 9.59 Å². The largest absolute Gasteiger partial charge is 0.323 e. The SMILES string of the molecule is Cl.Cl.O=C(Nc1ccc(NC(=O)C2CC3CCCCC3N2)cn1)C1CC1. The minimum atomic E-state index is -0.104. The zero-order valence-electron chi connectivity index (χ0n) is 14.6. The number of hydrogen-bond acceptors (Lipinski definition) is 4. The second-order valence-electron chi connectivity index (χ2n) is 7.29. The van der Waals surface area contributed by atoms with Crippen molar-refractivity contribution in [1.82, 2.24) is 10.3 Å². The molecule has 2 saturated carbocycles. The summed E-state index contributed by atoms with van der Waals surface area (Å²) in [6.07, 6.45) is 9.44. The number of pyridine rings is 1. The Morgan fingerprint density at radius 1 is 1.00 bits per heavy atom. The number of rotatable bonds is 4. The van der Waals surface area contributed by atoms with Crippen molar-refractivity contribution < 1.29 is 9.59 Å². The van der Waals surface area contributed by atoms with Gasteiger partial charge in [-0.1, -0.05) is 12.8 Å². The van der Waals surface area contributed by atoms with E-state index in [0.717, 1.165) is 19.3 Å². The Balaban J connectivity index is 0.00000121. The molecule has 1 saturated heterocycles. The highest BCUT2D eigenvalue weighted by Gasteiger charge is 2.38. The summed E-state index contributed by atoms with van der Waals surface area (Å²) in [5.74, 6) is 1.39. The van der Waals surface area contributed by atoms with Gasteiger partial charge in [0.05, 0.1) is 17.9 Å². The molecule has 3 unspecified atom stereocenters. The quantitative estimate of drug-likeness (QED) is 0.724. The number of fused-ring (bicyclic) bond motifs is 1. The summed E-state index contributed by atoms with van der Waals surface area (Å²) < 4.78 is 0. The zero-order valence-corrected chi connectivity index (χ0v) is 16.2. The monoisotopic (exact) mass is 400 g/mol. The van der Waals surface area contributed by atoms with Gasteiger partial charge in [0.25, 0.3) is 0 Å². The van der Waals surface area contributed by atoms with E-state index in [9.17, 15) is 9.59 Å². The van der Waals surface area contributed by atoms with Gasteiger partial charge in [0.1, 0.15) is 5.82 Å². The minimum absolute atomic E-state index is 0. The van der Waals surface area contributed by atoms with Gasteiger partial charge in [0, 0.05) is 12.0 Å². The molecule has 3 fully saturated rings. The van der Waals surface area contributed by atoms with Crippen LogP contribution in [0, 0.1) is 11.8 Å². The van der Waals surface area contributed by atoms with Gasteiger partial charge in [-0.05, 0) is 50.2 Å². The molecule has 0 spiro atoms. The van der Waals surface area contributed by atoms with E-state index < -0.39 is 0 Å². The van der Waals surface area contributed by atoms with Crippen LogP contribution < -0.4 is 16.0 Å². The Hall–Kier alpha value is -1.37. The maximum atomic E-state index is 12.4. The highest BCUT2D eigenvalue weighted by molar-refractivity contribution is 5.96. The average Bonchev–Trinajstić information content (AvgIpc) is 3.35. The van der Waals surface area contributed by atoms with E-state index in [2.05, 4.69) is 20.9 Å². The Kier molecular flexibility index (Phi) is 7.26. The van der Waals surface area contributed by atoms with Crippen LogP contribution >= 0.6 is 24.8 Å². The van der Waals surface area contributed by atoms with E-state index in [1.807, 2.05) is 0 Å². The third-order valence-electron chi connectivity index (χ3n) is 5.41. The highest BCUT2D eigenvalue weighted by atomic mass is 35.5. The van der Waals surface area contributed by atoms with E-state index in [-0.39, 0.29) is 48.6 Å². The zero-order chi connectivity index (χ0) is 16.5. The molecular weight excluding hydrogens is 375 g/mol. The smallest absolute Gasteiger partial charge is 0.241 e. The van der Waals surface area contributed by atoms with Crippen molar-refractivity contribution >= 4 is 48.1 Å². The van der Waals surface area contributed by atoms with Gasteiger partial charge in [-0.25, -0.2) is 4.98 Å². The van der Waals surface area contributed by atoms with E-state index in [1.54, 1.807) is 18.3 Å². The fourth-order valence-electron chi connectivity index (χ4n) is 3.87. The maximum absolute atomic E-state index is 12.4. The van der Waals surface area contributed by atoms with Crippen molar-refractivity contribution in [1.29, 1.82) is 0 Å². The molecular formula is C18H26Cl2N4O2. The number of halogens is 2. The molecule has 2 amide bonds. The molecule has 8 heteroatoms. The lowest BCUT2D eigenvalue weighted by Gasteiger charge is -2.24. The summed E-state index contributed by atoms with van der Waals surface area (Å²) in [5, 5.41) is 9.21. The summed E-state index contributed by atoms with van der Waals surface area (Å²) in [6, 6.07) is 3.92. The molecule has 1 aromatic rings. The second-order valence-corrected chi connectivity index (χ2v) is 7.29. The predicted octanol–water partition coefficient (Wildman–Crippen LogP) is 3.13. The van der Waals surface area contributed by atoms with E-state index in [0.29, 0.717) is 23.5 Å². The lowest BCUT2D eigenvalue weighted by molar-refractivity contribution is -0.118. The Morgan fingerprint density at radius 3 is 2.42 bits per heavy atom. The number of aromatic nitrogens is 1. The molecule has 3 atom stereocenters. The Morgan fingerprint density at radius 2 is 1.77 bits per heavy atom. The van der Waals surface area contributed by atoms with Gasteiger partial charge in [0.2, 0.25) is 11.8 Å². The average molecular weight is 401 g/mol. The molecule has 3 aliphatic rings. The van der Waals surface area contributed by atoms with Crippen molar-refractivity contribution in [2.45, 2.75) is 57.0 Å². The van der Waals surface area contributed by atoms with Gasteiger partial charge in [0.15, 0.2) is 0 Å². The number of nitrogens with one attached hydrogen (secondary N) is 3. The van der Waals surface area contributed by atoms with E-state index >= 15 is 0 Å². The number of nitrogens with zero attached hydrogens (tertiary/aromatic N) is 1. The van der Waals surface area contributed by atoms with Gasteiger partial charge >= 0.3 is 0 Å². The van der Waals surface area contributed by atoms with Gasteiger partial charge in [-0.3, -0.25) is 9.59 Å². The second kappa shape index (κ2) is 9.02. The lowest BCUT2D eigenvalue weighted by Crippen LogP contribution is -2.39.